The van der Waals surface area contributed by atoms with E-state index < -0.39 is 0 Å². The van der Waals surface area contributed by atoms with Gasteiger partial charge in [0.25, 0.3) is 0 Å². The Morgan fingerprint density at radius 1 is 1.50 bits per heavy atom. The molecule has 0 fully saturated rings. The van der Waals surface area contributed by atoms with Crippen molar-refractivity contribution in [2.24, 2.45) is 5.10 Å². The van der Waals surface area contributed by atoms with Crippen molar-refractivity contribution >= 4 is 12.1 Å². The van der Waals surface area contributed by atoms with Gasteiger partial charge in [-0.3, -0.25) is 4.79 Å². The van der Waals surface area contributed by atoms with Crippen LogP contribution in [0.3, 0.4) is 0 Å². The smallest absolute Gasteiger partial charge is 0.240 e. The van der Waals surface area contributed by atoms with Crippen molar-refractivity contribution in [2.45, 2.75) is 33.1 Å². The van der Waals surface area contributed by atoms with Crippen LogP contribution in [-0.4, -0.2) is 12.1 Å². The molecule has 86 valence electrons. The van der Waals surface area contributed by atoms with Crippen LogP contribution in [0.5, 0.6) is 0 Å². The number of nitrogens with one attached hydrogen (secondary N) is 1. The summed E-state index contributed by atoms with van der Waals surface area (Å²) in [5.74, 6) is -0.0225. The van der Waals surface area contributed by atoms with E-state index in [0.717, 1.165) is 18.4 Å². The molecule has 3 heteroatoms. The highest BCUT2D eigenvalue weighted by Crippen LogP contribution is 2.00. The molecule has 1 amide bonds. The normalized spacial score (nSPS) is 10.6. The lowest BCUT2D eigenvalue weighted by molar-refractivity contribution is -0.121. The highest BCUT2D eigenvalue weighted by atomic mass is 16.2. The second-order valence-corrected chi connectivity index (χ2v) is 3.81. The molecule has 0 aliphatic carbocycles. The summed E-state index contributed by atoms with van der Waals surface area (Å²) in [7, 11) is 0. The van der Waals surface area contributed by atoms with E-state index in [2.05, 4.69) is 17.5 Å². The maximum atomic E-state index is 11.2. The van der Waals surface area contributed by atoms with E-state index in [0.29, 0.717) is 6.42 Å². The fourth-order valence-corrected chi connectivity index (χ4v) is 1.32. The number of unbranched alkanes of at least 4 members (excludes halogenated alkanes) is 1. The molecular formula is C13H18N2O. The maximum absolute atomic E-state index is 11.2. The van der Waals surface area contributed by atoms with Gasteiger partial charge in [-0.2, -0.15) is 5.10 Å². The summed E-state index contributed by atoms with van der Waals surface area (Å²) >= 11 is 0. The van der Waals surface area contributed by atoms with Crippen molar-refractivity contribution in [3.8, 4) is 0 Å². The predicted molar refractivity (Wildman–Crippen MR) is 66.4 cm³/mol. The molecule has 1 aromatic carbocycles. The first-order chi connectivity index (χ1) is 7.72. The molecule has 16 heavy (non-hydrogen) atoms. The Morgan fingerprint density at radius 2 is 2.31 bits per heavy atom. The summed E-state index contributed by atoms with van der Waals surface area (Å²) in [5.41, 5.74) is 4.69. The molecule has 0 aliphatic heterocycles. The average Bonchev–Trinajstić information content (AvgIpc) is 2.26. The van der Waals surface area contributed by atoms with Crippen molar-refractivity contribution in [3.63, 3.8) is 0 Å². The van der Waals surface area contributed by atoms with Crippen LogP contribution in [0, 0.1) is 6.92 Å². The van der Waals surface area contributed by atoms with Gasteiger partial charge < -0.3 is 0 Å². The highest BCUT2D eigenvalue weighted by molar-refractivity contribution is 5.82. The van der Waals surface area contributed by atoms with Crippen molar-refractivity contribution in [2.75, 3.05) is 0 Å². The number of amides is 1. The average molecular weight is 218 g/mol. The van der Waals surface area contributed by atoms with Crippen LogP contribution >= 0.6 is 0 Å². The van der Waals surface area contributed by atoms with E-state index in [4.69, 9.17) is 0 Å². The van der Waals surface area contributed by atoms with Gasteiger partial charge in [0.1, 0.15) is 0 Å². The SMILES string of the molecule is CCCCC(=O)N/N=C/c1cccc(C)c1. The summed E-state index contributed by atoms with van der Waals surface area (Å²) in [6.07, 6.45) is 4.14. The fraction of sp³-hybridized carbons (Fsp3) is 0.385. The highest BCUT2D eigenvalue weighted by Gasteiger charge is 1.96. The number of hydrogen-bond donors (Lipinski definition) is 1. The predicted octanol–water partition coefficient (Wildman–Crippen LogP) is 2.64. The van der Waals surface area contributed by atoms with Crippen molar-refractivity contribution in [3.05, 3.63) is 35.4 Å². The number of rotatable bonds is 5. The van der Waals surface area contributed by atoms with Crippen LogP contribution in [-0.2, 0) is 4.79 Å². The molecule has 1 rings (SSSR count). The second-order valence-electron chi connectivity index (χ2n) is 3.81. The van der Waals surface area contributed by atoms with Gasteiger partial charge in [0.15, 0.2) is 0 Å². The zero-order chi connectivity index (χ0) is 11.8. The molecule has 0 bridgehead atoms. The summed E-state index contributed by atoms with van der Waals surface area (Å²) < 4.78 is 0. The minimum atomic E-state index is -0.0225. The van der Waals surface area contributed by atoms with E-state index >= 15 is 0 Å². The Bertz CT molecular complexity index is 372. The number of carbonyl (C=O) groups excluding carboxylic acids is 1. The fourth-order valence-electron chi connectivity index (χ4n) is 1.32. The molecule has 0 atom stereocenters. The van der Waals surface area contributed by atoms with Crippen LogP contribution < -0.4 is 5.43 Å². The van der Waals surface area contributed by atoms with Gasteiger partial charge in [0, 0.05) is 6.42 Å². The van der Waals surface area contributed by atoms with Gasteiger partial charge in [-0.25, -0.2) is 5.43 Å². The third-order valence-corrected chi connectivity index (χ3v) is 2.20. The minimum Gasteiger partial charge on any atom is -0.273 e. The van der Waals surface area contributed by atoms with Crippen LogP contribution in [0.4, 0.5) is 0 Å². The van der Waals surface area contributed by atoms with Gasteiger partial charge >= 0.3 is 0 Å². The largest absolute Gasteiger partial charge is 0.273 e. The van der Waals surface area contributed by atoms with Crippen LogP contribution in [0.15, 0.2) is 29.4 Å². The lowest BCUT2D eigenvalue weighted by Gasteiger charge is -1.98. The van der Waals surface area contributed by atoms with E-state index in [-0.39, 0.29) is 5.91 Å². The Kier molecular flexibility index (Phi) is 5.26. The monoisotopic (exact) mass is 218 g/mol. The molecule has 0 aliphatic rings. The van der Waals surface area contributed by atoms with Crippen molar-refractivity contribution in [1.82, 2.24) is 5.43 Å². The third-order valence-electron chi connectivity index (χ3n) is 2.20. The molecular weight excluding hydrogens is 200 g/mol. The zero-order valence-electron chi connectivity index (χ0n) is 9.86. The Morgan fingerprint density at radius 3 is 3.00 bits per heavy atom. The molecule has 3 nitrogen and oxygen atoms in total. The van der Waals surface area contributed by atoms with Gasteiger partial charge in [0.05, 0.1) is 6.21 Å². The van der Waals surface area contributed by atoms with Gasteiger partial charge in [-0.05, 0) is 18.9 Å². The van der Waals surface area contributed by atoms with E-state index in [1.54, 1.807) is 6.21 Å². The molecule has 0 saturated heterocycles. The molecule has 0 unspecified atom stereocenters. The molecule has 0 saturated carbocycles. The van der Waals surface area contributed by atoms with E-state index in [1.165, 1.54) is 5.56 Å². The quantitative estimate of drug-likeness (QED) is 0.599. The van der Waals surface area contributed by atoms with E-state index in [1.807, 2.05) is 31.2 Å². The van der Waals surface area contributed by atoms with Gasteiger partial charge in [-0.15, -0.1) is 0 Å². The van der Waals surface area contributed by atoms with Crippen LogP contribution in [0.2, 0.25) is 0 Å². The third kappa shape index (κ3) is 4.73. The standard InChI is InChI=1S/C13H18N2O/c1-3-4-8-13(16)15-14-10-12-7-5-6-11(2)9-12/h5-7,9-10H,3-4,8H2,1-2H3,(H,15,16)/b14-10+. The lowest BCUT2D eigenvalue weighted by Crippen LogP contribution is -2.16. The van der Waals surface area contributed by atoms with Crippen LogP contribution in [0.25, 0.3) is 0 Å². The first kappa shape index (κ1) is 12.4. The molecule has 1 N–H and O–H groups in total. The topological polar surface area (TPSA) is 41.5 Å². The number of hydrogen-bond acceptors (Lipinski definition) is 2. The molecule has 0 heterocycles. The first-order valence-electron chi connectivity index (χ1n) is 5.61. The molecule has 0 spiro atoms. The Balaban J connectivity index is 2.40. The summed E-state index contributed by atoms with van der Waals surface area (Å²) in [5, 5.41) is 3.91. The number of aryl methyl sites for hydroxylation is 1. The number of carbonyl (C=O) groups is 1. The zero-order valence-corrected chi connectivity index (χ0v) is 9.86. The Labute approximate surface area is 96.6 Å². The minimum absolute atomic E-state index is 0.0225. The molecule has 1 aromatic rings. The second kappa shape index (κ2) is 6.77. The van der Waals surface area contributed by atoms with Gasteiger partial charge in [-0.1, -0.05) is 43.2 Å². The maximum Gasteiger partial charge on any atom is 0.240 e. The van der Waals surface area contributed by atoms with Gasteiger partial charge in [0.2, 0.25) is 5.91 Å². The van der Waals surface area contributed by atoms with Crippen molar-refractivity contribution in [1.29, 1.82) is 0 Å². The molecule has 0 radical (unpaired) electrons. The summed E-state index contributed by atoms with van der Waals surface area (Å²) in [4.78, 5) is 11.2. The summed E-state index contributed by atoms with van der Waals surface area (Å²) in [6, 6.07) is 7.96. The molecule has 0 aromatic heterocycles. The lowest BCUT2D eigenvalue weighted by atomic mass is 10.2. The van der Waals surface area contributed by atoms with Crippen molar-refractivity contribution < 1.29 is 4.79 Å². The Hall–Kier alpha value is -1.64. The first-order valence-corrected chi connectivity index (χ1v) is 5.61. The summed E-state index contributed by atoms with van der Waals surface area (Å²) in [6.45, 7) is 4.08. The van der Waals surface area contributed by atoms with Crippen LogP contribution in [0.1, 0.15) is 37.3 Å². The number of nitrogens with zero attached hydrogens (tertiary/aromatic N) is 1. The number of benzene rings is 1. The number of hydrazone groups is 1. The van der Waals surface area contributed by atoms with E-state index in [9.17, 15) is 4.79 Å².